The Kier molecular flexibility index (Phi) is 9.69. The summed E-state index contributed by atoms with van der Waals surface area (Å²) in [5, 5.41) is 6.86. The summed E-state index contributed by atoms with van der Waals surface area (Å²) in [5.41, 5.74) is 2.58. The van der Waals surface area contributed by atoms with Crippen LogP contribution in [0, 0.1) is 5.82 Å². The fourth-order valence-electron chi connectivity index (χ4n) is 4.28. The van der Waals surface area contributed by atoms with Crippen molar-refractivity contribution < 1.29 is 4.39 Å². The van der Waals surface area contributed by atoms with Gasteiger partial charge in [0.2, 0.25) is 0 Å². The zero-order valence-electron chi connectivity index (χ0n) is 19.5. The number of guanidine groups is 1. The number of hydrogen-bond donors (Lipinski definition) is 2. The number of likely N-dealkylation sites (N-methyl/N-ethyl adjacent to an activating group) is 1. The maximum atomic E-state index is 14.0. The van der Waals surface area contributed by atoms with Crippen LogP contribution in [0.3, 0.4) is 0 Å². The molecular weight excluding hydrogens is 532 g/mol. The first-order valence-corrected chi connectivity index (χ1v) is 11.4. The van der Waals surface area contributed by atoms with Crippen molar-refractivity contribution in [1.82, 2.24) is 25.4 Å². The minimum atomic E-state index is -0.272. The van der Waals surface area contributed by atoms with Gasteiger partial charge >= 0.3 is 0 Å². The number of rotatable bonds is 6. The molecule has 1 atom stereocenters. The van der Waals surface area contributed by atoms with Gasteiger partial charge in [0.15, 0.2) is 17.6 Å². The van der Waals surface area contributed by atoms with Gasteiger partial charge in [0.1, 0.15) is 0 Å². The number of halogens is 2. The molecule has 2 fully saturated rings. The molecule has 2 aliphatic heterocycles. The summed E-state index contributed by atoms with van der Waals surface area (Å²) in [6.07, 6.45) is 2.55. The van der Waals surface area contributed by atoms with Gasteiger partial charge in [0.05, 0.1) is 0 Å². The molecule has 1 unspecified atom stereocenters. The van der Waals surface area contributed by atoms with Crippen LogP contribution in [0.1, 0.15) is 17.5 Å². The third-order valence-electron chi connectivity index (χ3n) is 6.28. The molecular formula is C24H35FIN7. The highest BCUT2D eigenvalue weighted by Crippen LogP contribution is 2.20. The van der Waals surface area contributed by atoms with E-state index in [1.54, 1.807) is 19.3 Å². The van der Waals surface area contributed by atoms with E-state index in [0.29, 0.717) is 18.9 Å². The maximum Gasteiger partial charge on any atom is 0.191 e. The summed E-state index contributed by atoms with van der Waals surface area (Å²) < 4.78 is 14.0. The third-order valence-corrected chi connectivity index (χ3v) is 6.28. The molecule has 0 bridgehead atoms. The van der Waals surface area contributed by atoms with Crippen molar-refractivity contribution in [2.45, 2.75) is 25.6 Å². The summed E-state index contributed by atoms with van der Waals surface area (Å²) in [7, 11) is 3.96. The van der Waals surface area contributed by atoms with Gasteiger partial charge in [0.25, 0.3) is 0 Å². The highest BCUT2D eigenvalue weighted by atomic mass is 127. The molecule has 2 aliphatic rings. The summed E-state index contributed by atoms with van der Waals surface area (Å²) in [6.45, 7) is 7.75. The first-order valence-electron chi connectivity index (χ1n) is 11.4. The van der Waals surface area contributed by atoms with Crippen molar-refractivity contribution in [3.63, 3.8) is 0 Å². The quantitative estimate of drug-likeness (QED) is 0.318. The number of piperazine rings is 1. The van der Waals surface area contributed by atoms with Crippen LogP contribution in [-0.4, -0.2) is 80.1 Å². The minimum Gasteiger partial charge on any atom is -0.352 e. The van der Waals surface area contributed by atoms with E-state index in [4.69, 9.17) is 0 Å². The number of aliphatic imine (C=N–C) groups is 1. The number of nitrogens with one attached hydrogen (secondary N) is 2. The summed E-state index contributed by atoms with van der Waals surface area (Å²) in [4.78, 5) is 15.4. The van der Waals surface area contributed by atoms with Gasteiger partial charge in [-0.05, 0) is 36.7 Å². The number of aromatic nitrogens is 1. The smallest absolute Gasteiger partial charge is 0.191 e. The van der Waals surface area contributed by atoms with Crippen molar-refractivity contribution in [3.8, 4) is 0 Å². The van der Waals surface area contributed by atoms with Crippen molar-refractivity contribution in [2.24, 2.45) is 4.99 Å². The summed E-state index contributed by atoms with van der Waals surface area (Å²) >= 11 is 0. The zero-order valence-corrected chi connectivity index (χ0v) is 21.8. The fraction of sp³-hybridized carbons (Fsp3) is 0.500. The molecule has 7 nitrogen and oxygen atoms in total. The summed E-state index contributed by atoms with van der Waals surface area (Å²) in [5.74, 6) is 0.919. The number of hydrogen-bond acceptors (Lipinski definition) is 5. The van der Waals surface area contributed by atoms with E-state index in [-0.39, 0.29) is 35.8 Å². The topological polar surface area (TPSA) is 59.0 Å². The number of nitrogens with zero attached hydrogens (tertiary/aromatic N) is 5. The van der Waals surface area contributed by atoms with Crippen LogP contribution >= 0.6 is 24.0 Å². The molecule has 4 rings (SSSR count). The van der Waals surface area contributed by atoms with Gasteiger partial charge in [-0.3, -0.25) is 9.89 Å². The van der Waals surface area contributed by atoms with Crippen molar-refractivity contribution in [1.29, 1.82) is 0 Å². The lowest BCUT2D eigenvalue weighted by atomic mass is 10.1. The largest absolute Gasteiger partial charge is 0.352 e. The fourth-order valence-corrected chi connectivity index (χ4v) is 4.28. The number of anilines is 1. The Morgan fingerprint density at radius 2 is 1.82 bits per heavy atom. The van der Waals surface area contributed by atoms with Gasteiger partial charge in [-0.1, -0.05) is 24.3 Å². The Morgan fingerprint density at radius 1 is 1.09 bits per heavy atom. The second-order valence-corrected chi connectivity index (χ2v) is 8.71. The van der Waals surface area contributed by atoms with Gasteiger partial charge in [-0.15, -0.1) is 24.0 Å². The van der Waals surface area contributed by atoms with E-state index >= 15 is 0 Å². The predicted octanol–water partition coefficient (Wildman–Crippen LogP) is 2.53. The van der Waals surface area contributed by atoms with E-state index < -0.39 is 0 Å². The first-order chi connectivity index (χ1) is 15.6. The number of pyridine rings is 1. The molecule has 0 aliphatic carbocycles. The molecule has 1 aromatic heterocycles. The van der Waals surface area contributed by atoms with E-state index in [1.165, 1.54) is 17.2 Å². The van der Waals surface area contributed by atoms with E-state index in [0.717, 1.165) is 51.6 Å². The molecule has 2 aromatic rings. The lowest BCUT2D eigenvalue weighted by molar-refractivity contribution is 0.148. The molecule has 1 aromatic carbocycles. The molecule has 0 amide bonds. The molecule has 33 heavy (non-hydrogen) atoms. The van der Waals surface area contributed by atoms with Gasteiger partial charge in [-0.2, -0.15) is 0 Å². The van der Waals surface area contributed by atoms with Crippen LogP contribution in [0.15, 0.2) is 47.6 Å². The Labute approximate surface area is 213 Å². The molecule has 0 spiro atoms. The minimum absolute atomic E-state index is 0. The highest BCUT2D eigenvalue weighted by molar-refractivity contribution is 14.0. The standard InChI is InChI=1S/C24H34FN7.HI/c1-26-24(29-21-9-11-32(18-21)23-22(25)4-3-10-27-23)28-16-19-5-7-20(8-6-19)17-31-14-12-30(2)13-15-31;/h3-8,10,21H,9,11-18H2,1-2H3,(H2,26,28,29);1H. The lowest BCUT2D eigenvalue weighted by Crippen LogP contribution is -2.44. The van der Waals surface area contributed by atoms with Crippen molar-refractivity contribution >= 4 is 35.8 Å². The van der Waals surface area contributed by atoms with Gasteiger partial charge in [-0.25, -0.2) is 9.37 Å². The Balaban J connectivity index is 0.00000306. The van der Waals surface area contributed by atoms with Crippen LogP contribution in [-0.2, 0) is 13.1 Å². The second-order valence-electron chi connectivity index (χ2n) is 8.71. The molecule has 180 valence electrons. The monoisotopic (exact) mass is 567 g/mol. The summed E-state index contributed by atoms with van der Waals surface area (Å²) in [6, 6.07) is 12.1. The van der Waals surface area contributed by atoms with Crippen LogP contribution in [0.4, 0.5) is 10.2 Å². The normalized spacial score (nSPS) is 19.9. The number of benzene rings is 1. The maximum absolute atomic E-state index is 14.0. The van der Waals surface area contributed by atoms with E-state index in [1.807, 2.05) is 4.90 Å². The highest BCUT2D eigenvalue weighted by Gasteiger charge is 2.25. The molecule has 2 N–H and O–H groups in total. The average Bonchev–Trinajstić information content (AvgIpc) is 3.27. The Bertz CT molecular complexity index is 900. The second kappa shape index (κ2) is 12.5. The predicted molar refractivity (Wildman–Crippen MR) is 143 cm³/mol. The van der Waals surface area contributed by atoms with Crippen LogP contribution in [0.2, 0.25) is 0 Å². The van der Waals surface area contributed by atoms with Gasteiger partial charge < -0.3 is 20.4 Å². The molecule has 9 heteroatoms. The van der Waals surface area contributed by atoms with E-state index in [2.05, 4.69) is 61.7 Å². The molecule has 0 saturated carbocycles. The van der Waals surface area contributed by atoms with Crippen molar-refractivity contribution in [2.75, 3.05) is 58.3 Å². The molecule has 2 saturated heterocycles. The third kappa shape index (κ3) is 7.25. The van der Waals surface area contributed by atoms with E-state index in [9.17, 15) is 4.39 Å². The van der Waals surface area contributed by atoms with Crippen LogP contribution < -0.4 is 15.5 Å². The Morgan fingerprint density at radius 3 is 2.52 bits per heavy atom. The van der Waals surface area contributed by atoms with Gasteiger partial charge in [0, 0.05) is 71.6 Å². The lowest BCUT2D eigenvalue weighted by Gasteiger charge is -2.32. The Hall–Kier alpha value is -1.98. The van der Waals surface area contributed by atoms with Crippen LogP contribution in [0.25, 0.3) is 0 Å². The first kappa shape index (κ1) is 25.6. The van der Waals surface area contributed by atoms with Crippen LogP contribution in [0.5, 0.6) is 0 Å². The van der Waals surface area contributed by atoms with Crippen molar-refractivity contribution in [3.05, 3.63) is 59.5 Å². The average molecular weight is 567 g/mol. The SMILES string of the molecule is CN=C(NCc1ccc(CN2CCN(C)CC2)cc1)NC1CCN(c2ncccc2F)C1.I. The molecule has 3 heterocycles. The molecule has 0 radical (unpaired) electrons. The zero-order chi connectivity index (χ0) is 22.3.